The number of methoxy groups -OCH3 is 1. The third-order valence-electron chi connectivity index (χ3n) is 2.27. The molecule has 2 aromatic rings. The summed E-state index contributed by atoms with van der Waals surface area (Å²) in [6, 6.07) is 3.89. The van der Waals surface area contributed by atoms with E-state index in [1.807, 2.05) is 18.3 Å². The summed E-state index contributed by atoms with van der Waals surface area (Å²) in [5.74, 6) is 4.02. The van der Waals surface area contributed by atoms with Gasteiger partial charge in [0.25, 0.3) is 0 Å². The highest BCUT2D eigenvalue weighted by atomic mass is 28.3. The number of nitrogens with zero attached hydrogens (tertiary/aromatic N) is 2. The monoisotopic (exact) mass is 244 g/mol. The Kier molecular flexibility index (Phi) is 2.95. The fraction of sp³-hybridized carbons (Fsp3) is 0.308. The molecule has 0 aromatic carbocycles. The quantitative estimate of drug-likeness (QED) is 0.569. The number of hydrogen-bond acceptors (Lipinski definition) is 2. The topological polar surface area (TPSA) is 26.5 Å². The zero-order chi connectivity index (χ0) is 12.5. The third kappa shape index (κ3) is 2.69. The lowest BCUT2D eigenvalue weighted by Crippen LogP contribution is -2.16. The number of ether oxygens (including phenoxy) is 1. The van der Waals surface area contributed by atoms with E-state index in [1.165, 1.54) is 0 Å². The van der Waals surface area contributed by atoms with Crippen LogP contribution in [0.15, 0.2) is 24.5 Å². The SMILES string of the molecule is COc1cc(C#C[Si](C)(C)C)cn2nccc12. The van der Waals surface area contributed by atoms with Gasteiger partial charge in [0.15, 0.2) is 0 Å². The van der Waals surface area contributed by atoms with Crippen molar-refractivity contribution in [2.75, 3.05) is 7.11 Å². The molecule has 0 N–H and O–H groups in total. The van der Waals surface area contributed by atoms with E-state index in [0.29, 0.717) is 0 Å². The van der Waals surface area contributed by atoms with Crippen LogP contribution in [0.1, 0.15) is 5.56 Å². The van der Waals surface area contributed by atoms with Gasteiger partial charge in [0.1, 0.15) is 19.3 Å². The van der Waals surface area contributed by atoms with Gasteiger partial charge in [-0.25, -0.2) is 4.52 Å². The third-order valence-corrected chi connectivity index (χ3v) is 3.15. The smallest absolute Gasteiger partial charge is 0.145 e. The van der Waals surface area contributed by atoms with Gasteiger partial charge < -0.3 is 4.74 Å². The lowest BCUT2D eigenvalue weighted by atomic mass is 10.2. The van der Waals surface area contributed by atoms with E-state index in [2.05, 4.69) is 36.2 Å². The highest BCUT2D eigenvalue weighted by Crippen LogP contribution is 2.20. The molecule has 0 atom stereocenters. The van der Waals surface area contributed by atoms with Crippen molar-refractivity contribution < 1.29 is 4.74 Å². The number of pyridine rings is 1. The highest BCUT2D eigenvalue weighted by Gasteiger charge is 2.08. The summed E-state index contributed by atoms with van der Waals surface area (Å²) in [4.78, 5) is 0. The molecule has 0 saturated heterocycles. The minimum Gasteiger partial charge on any atom is -0.494 e. The summed E-state index contributed by atoms with van der Waals surface area (Å²) in [7, 11) is 0.314. The Bertz CT molecular complexity index is 599. The van der Waals surface area contributed by atoms with Crippen LogP contribution in [0.2, 0.25) is 19.6 Å². The molecule has 0 bridgehead atoms. The van der Waals surface area contributed by atoms with Crippen molar-refractivity contribution >= 4 is 13.6 Å². The average molecular weight is 244 g/mol. The van der Waals surface area contributed by atoms with Crippen LogP contribution in [-0.4, -0.2) is 24.8 Å². The fourth-order valence-electron chi connectivity index (χ4n) is 1.49. The molecular weight excluding hydrogens is 228 g/mol. The van der Waals surface area contributed by atoms with Crippen LogP contribution < -0.4 is 4.74 Å². The van der Waals surface area contributed by atoms with Gasteiger partial charge in [0.05, 0.1) is 13.3 Å². The van der Waals surface area contributed by atoms with Crippen molar-refractivity contribution in [1.29, 1.82) is 0 Å². The van der Waals surface area contributed by atoms with Crippen molar-refractivity contribution in [2.24, 2.45) is 0 Å². The Hall–Kier alpha value is -1.73. The predicted molar refractivity (Wildman–Crippen MR) is 72.0 cm³/mol. The summed E-state index contributed by atoms with van der Waals surface area (Å²) in [5.41, 5.74) is 5.25. The largest absolute Gasteiger partial charge is 0.494 e. The Morgan fingerprint density at radius 1 is 1.35 bits per heavy atom. The van der Waals surface area contributed by atoms with Gasteiger partial charge in [0, 0.05) is 11.8 Å². The van der Waals surface area contributed by atoms with Crippen molar-refractivity contribution in [2.45, 2.75) is 19.6 Å². The van der Waals surface area contributed by atoms with Crippen LogP contribution in [0.4, 0.5) is 0 Å². The van der Waals surface area contributed by atoms with Crippen molar-refractivity contribution in [3.8, 4) is 17.2 Å². The molecule has 0 aliphatic carbocycles. The second kappa shape index (κ2) is 4.26. The lowest BCUT2D eigenvalue weighted by Gasteiger charge is -2.05. The van der Waals surface area contributed by atoms with Gasteiger partial charge in [-0.15, -0.1) is 5.54 Å². The minimum atomic E-state index is -1.35. The zero-order valence-electron chi connectivity index (χ0n) is 10.6. The average Bonchev–Trinajstić information content (AvgIpc) is 2.72. The first kappa shape index (κ1) is 11.7. The van der Waals surface area contributed by atoms with Crippen molar-refractivity contribution in [3.63, 3.8) is 0 Å². The maximum atomic E-state index is 5.34. The Balaban J connectivity index is 2.51. The van der Waals surface area contributed by atoms with Crippen LogP contribution in [-0.2, 0) is 0 Å². The maximum absolute atomic E-state index is 5.34. The molecule has 88 valence electrons. The summed E-state index contributed by atoms with van der Waals surface area (Å²) in [5, 5.41) is 4.21. The molecule has 2 aromatic heterocycles. The number of rotatable bonds is 1. The molecule has 2 rings (SSSR count). The van der Waals surface area contributed by atoms with Crippen LogP contribution in [0, 0.1) is 11.5 Å². The molecule has 4 heteroatoms. The molecule has 17 heavy (non-hydrogen) atoms. The lowest BCUT2D eigenvalue weighted by molar-refractivity contribution is 0.417. The van der Waals surface area contributed by atoms with E-state index in [4.69, 9.17) is 4.74 Å². The first-order chi connectivity index (χ1) is 7.99. The summed E-state index contributed by atoms with van der Waals surface area (Å²) in [6.07, 6.45) is 3.69. The summed E-state index contributed by atoms with van der Waals surface area (Å²) in [6.45, 7) is 6.68. The first-order valence-corrected chi connectivity index (χ1v) is 9.04. The number of hydrogen-bond donors (Lipinski definition) is 0. The first-order valence-electron chi connectivity index (χ1n) is 5.54. The molecule has 0 aliphatic heterocycles. The summed E-state index contributed by atoms with van der Waals surface area (Å²) >= 11 is 0. The molecule has 0 radical (unpaired) electrons. The van der Waals surface area contributed by atoms with E-state index >= 15 is 0 Å². The Morgan fingerprint density at radius 2 is 2.12 bits per heavy atom. The van der Waals surface area contributed by atoms with E-state index in [9.17, 15) is 0 Å². The number of fused-ring (bicyclic) bond motifs is 1. The molecule has 0 spiro atoms. The molecule has 2 heterocycles. The van der Waals surface area contributed by atoms with E-state index < -0.39 is 8.07 Å². The molecule has 0 fully saturated rings. The van der Waals surface area contributed by atoms with Crippen LogP contribution in [0.5, 0.6) is 5.75 Å². The van der Waals surface area contributed by atoms with Gasteiger partial charge in [0.2, 0.25) is 0 Å². The van der Waals surface area contributed by atoms with E-state index in [1.54, 1.807) is 17.8 Å². The van der Waals surface area contributed by atoms with Crippen LogP contribution in [0.25, 0.3) is 5.52 Å². The summed E-state index contributed by atoms with van der Waals surface area (Å²) < 4.78 is 7.14. The Labute approximate surface area is 102 Å². The van der Waals surface area contributed by atoms with Crippen molar-refractivity contribution in [3.05, 3.63) is 30.1 Å². The molecule has 0 amide bonds. The van der Waals surface area contributed by atoms with Crippen LogP contribution >= 0.6 is 0 Å². The molecule has 0 aliphatic rings. The fourth-order valence-corrected chi connectivity index (χ4v) is 2.01. The van der Waals surface area contributed by atoms with Gasteiger partial charge in [-0.3, -0.25) is 0 Å². The molecule has 0 saturated carbocycles. The van der Waals surface area contributed by atoms with Crippen LogP contribution in [0.3, 0.4) is 0 Å². The second-order valence-electron chi connectivity index (χ2n) is 4.96. The molecular formula is C13H16N2OSi. The van der Waals surface area contributed by atoms with Crippen molar-refractivity contribution in [1.82, 2.24) is 9.61 Å². The van der Waals surface area contributed by atoms with E-state index in [0.717, 1.165) is 16.8 Å². The standard InChI is InChI=1S/C13H16N2OSi/c1-16-13-9-11(6-8-17(2,3)4)10-15-12(13)5-7-14-15/h5,7,9-10H,1-4H3. The maximum Gasteiger partial charge on any atom is 0.145 e. The highest BCUT2D eigenvalue weighted by molar-refractivity contribution is 6.83. The van der Waals surface area contributed by atoms with Gasteiger partial charge in [-0.2, -0.15) is 5.10 Å². The normalized spacial score (nSPS) is 11.1. The second-order valence-corrected chi connectivity index (χ2v) is 9.71. The minimum absolute atomic E-state index is 0.810. The predicted octanol–water partition coefficient (Wildman–Crippen LogP) is 2.57. The van der Waals surface area contributed by atoms with Gasteiger partial charge >= 0.3 is 0 Å². The van der Waals surface area contributed by atoms with Gasteiger partial charge in [-0.05, 0) is 12.1 Å². The zero-order valence-corrected chi connectivity index (χ0v) is 11.6. The number of aromatic nitrogens is 2. The van der Waals surface area contributed by atoms with E-state index in [-0.39, 0.29) is 0 Å². The Morgan fingerprint density at radius 3 is 2.76 bits per heavy atom. The molecule has 3 nitrogen and oxygen atoms in total. The van der Waals surface area contributed by atoms with Gasteiger partial charge in [-0.1, -0.05) is 25.6 Å². The molecule has 0 unspecified atom stereocenters.